The summed E-state index contributed by atoms with van der Waals surface area (Å²) in [6, 6.07) is 5.44. The Morgan fingerprint density at radius 3 is 2.65 bits per heavy atom. The molecule has 120 valence electrons. The Morgan fingerprint density at radius 2 is 2.04 bits per heavy atom. The minimum Gasteiger partial charge on any atom is -0.465 e. The summed E-state index contributed by atoms with van der Waals surface area (Å²) in [7, 11) is 1.17. The smallest absolute Gasteiger partial charge is 0.338 e. The summed E-state index contributed by atoms with van der Waals surface area (Å²) in [4.78, 5) is 34.0. The largest absolute Gasteiger partial charge is 0.465 e. The van der Waals surface area contributed by atoms with Gasteiger partial charge >= 0.3 is 5.97 Å². The minimum atomic E-state index is -0.735. The Balaban J connectivity index is 2.13. The molecule has 0 saturated heterocycles. The van der Waals surface area contributed by atoms with Crippen molar-refractivity contribution in [2.24, 2.45) is 0 Å². The SMILES string of the molecule is COC(=O)c1cc(C(=O)NCCc2ccsc2)cc([N+](=O)[O-])c1. The number of non-ortho nitro benzene ring substituents is 1. The topological polar surface area (TPSA) is 98.5 Å². The summed E-state index contributed by atoms with van der Waals surface area (Å²) in [5, 5.41) is 17.5. The number of hydrogen-bond donors (Lipinski definition) is 1. The summed E-state index contributed by atoms with van der Waals surface area (Å²) in [6.07, 6.45) is 0.661. The molecule has 0 aliphatic heterocycles. The lowest BCUT2D eigenvalue weighted by atomic mass is 10.1. The maximum absolute atomic E-state index is 12.1. The molecule has 0 unspecified atom stereocenters. The standard InChI is InChI=1S/C15H14N2O5S/c1-22-15(19)12-6-11(7-13(8-12)17(20)21)14(18)16-4-2-10-3-5-23-9-10/h3,5-9H,2,4H2,1H3,(H,16,18). The van der Waals surface area contributed by atoms with Crippen LogP contribution in [0.5, 0.6) is 0 Å². The van der Waals surface area contributed by atoms with E-state index >= 15 is 0 Å². The molecule has 23 heavy (non-hydrogen) atoms. The van der Waals surface area contributed by atoms with Gasteiger partial charge in [-0.1, -0.05) is 0 Å². The van der Waals surface area contributed by atoms with E-state index in [-0.39, 0.29) is 16.8 Å². The van der Waals surface area contributed by atoms with Crippen LogP contribution >= 0.6 is 11.3 Å². The van der Waals surface area contributed by atoms with Crippen LogP contribution in [0.25, 0.3) is 0 Å². The van der Waals surface area contributed by atoms with Crippen LogP contribution in [0.2, 0.25) is 0 Å². The fraction of sp³-hybridized carbons (Fsp3) is 0.200. The summed E-state index contributed by atoms with van der Waals surface area (Å²) in [6.45, 7) is 0.395. The quantitative estimate of drug-likeness (QED) is 0.497. The van der Waals surface area contributed by atoms with Crippen LogP contribution in [0.3, 0.4) is 0 Å². The lowest BCUT2D eigenvalue weighted by Crippen LogP contribution is -2.26. The number of carbonyl (C=O) groups excluding carboxylic acids is 2. The van der Waals surface area contributed by atoms with E-state index in [1.54, 1.807) is 11.3 Å². The number of nitrogens with one attached hydrogen (secondary N) is 1. The third-order valence-corrected chi connectivity index (χ3v) is 3.82. The number of nitro groups is 1. The molecule has 1 aromatic heterocycles. The molecule has 0 spiro atoms. The molecular formula is C15H14N2O5S. The normalized spacial score (nSPS) is 10.1. The third-order valence-electron chi connectivity index (χ3n) is 3.09. The van der Waals surface area contributed by atoms with Crippen LogP contribution in [0.1, 0.15) is 26.3 Å². The molecule has 2 rings (SSSR count). The number of thiophene rings is 1. The minimum absolute atomic E-state index is 0.0373. The number of nitro benzene ring substituents is 1. The fourth-order valence-electron chi connectivity index (χ4n) is 1.94. The Hall–Kier alpha value is -2.74. The first-order valence-corrected chi connectivity index (χ1v) is 7.62. The average molecular weight is 334 g/mol. The molecule has 0 aliphatic carbocycles. The van der Waals surface area contributed by atoms with Crippen molar-refractivity contribution in [1.29, 1.82) is 0 Å². The number of amides is 1. The molecule has 1 aromatic carbocycles. The van der Waals surface area contributed by atoms with Crippen LogP contribution in [0.15, 0.2) is 35.0 Å². The van der Waals surface area contributed by atoms with Gasteiger partial charge in [-0.2, -0.15) is 11.3 Å². The van der Waals surface area contributed by atoms with Gasteiger partial charge in [0, 0.05) is 24.2 Å². The molecule has 7 nitrogen and oxygen atoms in total. The Labute approximate surface area is 136 Å². The summed E-state index contributed by atoms with van der Waals surface area (Å²) in [5.41, 5.74) is 0.773. The van der Waals surface area contributed by atoms with Crippen LogP contribution in [-0.4, -0.2) is 30.5 Å². The number of nitrogens with zero attached hydrogens (tertiary/aromatic N) is 1. The number of hydrogen-bond acceptors (Lipinski definition) is 6. The van der Waals surface area contributed by atoms with Gasteiger partial charge in [0.05, 0.1) is 17.6 Å². The molecule has 0 bridgehead atoms. The molecule has 2 aromatic rings. The highest BCUT2D eigenvalue weighted by molar-refractivity contribution is 7.07. The van der Waals surface area contributed by atoms with Crippen molar-refractivity contribution in [2.75, 3.05) is 13.7 Å². The zero-order valence-electron chi connectivity index (χ0n) is 12.3. The van der Waals surface area contributed by atoms with E-state index in [4.69, 9.17) is 0 Å². The molecule has 0 saturated carbocycles. The molecule has 0 aliphatic rings. The number of esters is 1. The second-order valence-electron chi connectivity index (χ2n) is 4.65. The van der Waals surface area contributed by atoms with Gasteiger partial charge in [-0.25, -0.2) is 4.79 Å². The van der Waals surface area contributed by atoms with E-state index in [9.17, 15) is 19.7 Å². The first-order valence-electron chi connectivity index (χ1n) is 6.68. The molecule has 1 amide bonds. The second kappa shape index (κ2) is 7.50. The Morgan fingerprint density at radius 1 is 1.30 bits per heavy atom. The van der Waals surface area contributed by atoms with Gasteiger partial charge in [-0.15, -0.1) is 0 Å². The monoisotopic (exact) mass is 334 g/mol. The summed E-state index contributed by atoms with van der Waals surface area (Å²) in [5.74, 6) is -1.21. The lowest BCUT2D eigenvalue weighted by Gasteiger charge is -2.06. The summed E-state index contributed by atoms with van der Waals surface area (Å²) < 4.78 is 4.54. The van der Waals surface area contributed by atoms with E-state index in [1.165, 1.54) is 13.2 Å². The van der Waals surface area contributed by atoms with E-state index < -0.39 is 16.8 Å². The van der Waals surface area contributed by atoms with E-state index in [1.807, 2.05) is 16.8 Å². The van der Waals surface area contributed by atoms with Crippen LogP contribution in [-0.2, 0) is 11.2 Å². The van der Waals surface area contributed by atoms with Crippen molar-refractivity contribution in [1.82, 2.24) is 5.32 Å². The number of ether oxygens (including phenoxy) is 1. The number of benzene rings is 1. The molecular weight excluding hydrogens is 320 g/mol. The number of methoxy groups -OCH3 is 1. The summed E-state index contributed by atoms with van der Waals surface area (Å²) >= 11 is 1.57. The van der Waals surface area contributed by atoms with Gasteiger partial charge < -0.3 is 10.1 Å². The maximum Gasteiger partial charge on any atom is 0.338 e. The zero-order valence-corrected chi connectivity index (χ0v) is 13.1. The van der Waals surface area contributed by atoms with Gasteiger partial charge in [-0.3, -0.25) is 14.9 Å². The van der Waals surface area contributed by atoms with Crippen molar-refractivity contribution < 1.29 is 19.2 Å². The average Bonchev–Trinajstić information content (AvgIpc) is 3.06. The molecule has 0 atom stereocenters. The van der Waals surface area contributed by atoms with Crippen LogP contribution < -0.4 is 5.32 Å². The van der Waals surface area contributed by atoms with Crippen molar-refractivity contribution in [3.63, 3.8) is 0 Å². The molecule has 0 fully saturated rings. The van der Waals surface area contributed by atoms with E-state index in [0.29, 0.717) is 13.0 Å². The molecule has 1 N–H and O–H groups in total. The highest BCUT2D eigenvalue weighted by Crippen LogP contribution is 2.18. The highest BCUT2D eigenvalue weighted by Gasteiger charge is 2.18. The maximum atomic E-state index is 12.1. The van der Waals surface area contributed by atoms with Crippen molar-refractivity contribution >= 4 is 28.9 Å². The molecule has 8 heteroatoms. The highest BCUT2D eigenvalue weighted by atomic mass is 32.1. The van der Waals surface area contributed by atoms with Gasteiger partial charge in [0.2, 0.25) is 0 Å². The van der Waals surface area contributed by atoms with E-state index in [2.05, 4.69) is 10.1 Å². The van der Waals surface area contributed by atoms with Crippen molar-refractivity contribution in [2.45, 2.75) is 6.42 Å². The van der Waals surface area contributed by atoms with Crippen molar-refractivity contribution in [3.8, 4) is 0 Å². The van der Waals surface area contributed by atoms with Gasteiger partial charge in [0.1, 0.15) is 0 Å². The Kier molecular flexibility index (Phi) is 5.42. The predicted molar refractivity (Wildman–Crippen MR) is 84.8 cm³/mol. The van der Waals surface area contributed by atoms with E-state index in [0.717, 1.165) is 17.7 Å². The van der Waals surface area contributed by atoms with Crippen LogP contribution in [0, 0.1) is 10.1 Å². The van der Waals surface area contributed by atoms with Gasteiger partial charge in [0.15, 0.2) is 0 Å². The zero-order chi connectivity index (χ0) is 16.8. The first kappa shape index (κ1) is 16.6. The van der Waals surface area contributed by atoms with Crippen molar-refractivity contribution in [3.05, 3.63) is 61.8 Å². The fourth-order valence-corrected chi connectivity index (χ4v) is 2.64. The van der Waals surface area contributed by atoms with Gasteiger partial charge in [-0.05, 0) is 34.9 Å². The first-order chi connectivity index (χ1) is 11.0. The predicted octanol–water partition coefficient (Wildman–Crippen LogP) is 2.42. The Bertz CT molecular complexity index is 727. The third kappa shape index (κ3) is 4.36. The molecule has 1 heterocycles. The van der Waals surface area contributed by atoms with Gasteiger partial charge in [0.25, 0.3) is 11.6 Å². The lowest BCUT2D eigenvalue weighted by molar-refractivity contribution is -0.384. The number of rotatable bonds is 6. The number of carbonyl (C=O) groups is 2. The van der Waals surface area contributed by atoms with Crippen LogP contribution in [0.4, 0.5) is 5.69 Å². The molecule has 0 radical (unpaired) electrons. The second-order valence-corrected chi connectivity index (χ2v) is 5.43.